The third kappa shape index (κ3) is 5.64. The average Bonchev–Trinajstić information content (AvgIpc) is 2.65. The lowest BCUT2D eigenvalue weighted by atomic mass is 10.0. The van der Waals surface area contributed by atoms with Crippen molar-refractivity contribution in [3.63, 3.8) is 0 Å². The molecule has 1 rings (SSSR count). The molecule has 16 heavy (non-hydrogen) atoms. The Balaban J connectivity index is 2.17. The normalized spacial score (nSPS) is 13.6. The van der Waals surface area contributed by atoms with E-state index in [2.05, 4.69) is 43.3 Å². The summed E-state index contributed by atoms with van der Waals surface area (Å²) in [4.78, 5) is 3.80. The molecule has 0 fully saturated rings. The maximum atomic E-state index is 6.09. The summed E-state index contributed by atoms with van der Waals surface area (Å²) in [5.41, 5.74) is 6.09. The van der Waals surface area contributed by atoms with E-state index in [-0.39, 0.29) is 0 Å². The number of nitrogens with two attached hydrogens (primary N) is 1. The van der Waals surface area contributed by atoms with E-state index in [0.717, 1.165) is 25.9 Å². The minimum atomic E-state index is 0.313. The first-order valence-corrected chi connectivity index (χ1v) is 6.92. The molecule has 3 heteroatoms. The Hall–Kier alpha value is -0.380. The zero-order valence-corrected chi connectivity index (χ0v) is 11.5. The summed E-state index contributed by atoms with van der Waals surface area (Å²) in [6.07, 6.45) is 2.26. The van der Waals surface area contributed by atoms with Gasteiger partial charge in [-0.1, -0.05) is 19.9 Å². The number of rotatable bonds is 7. The topological polar surface area (TPSA) is 29.3 Å². The number of thiophene rings is 1. The molecule has 0 aliphatic carbocycles. The molecule has 0 radical (unpaired) electrons. The maximum Gasteiger partial charge on any atom is 0.0170 e. The second kappa shape index (κ2) is 7.05. The largest absolute Gasteiger partial charge is 0.327 e. The zero-order valence-electron chi connectivity index (χ0n) is 10.6. The summed E-state index contributed by atoms with van der Waals surface area (Å²) in [6, 6.07) is 4.63. The van der Waals surface area contributed by atoms with Gasteiger partial charge < -0.3 is 10.6 Å². The van der Waals surface area contributed by atoms with Crippen LogP contribution in [0.25, 0.3) is 0 Å². The van der Waals surface area contributed by atoms with Gasteiger partial charge in [-0.15, -0.1) is 11.3 Å². The molecule has 0 aromatic carbocycles. The van der Waals surface area contributed by atoms with Crippen LogP contribution in [-0.4, -0.2) is 31.1 Å². The lowest BCUT2D eigenvalue weighted by Gasteiger charge is -2.22. The van der Waals surface area contributed by atoms with Crippen LogP contribution in [0, 0.1) is 5.92 Å². The summed E-state index contributed by atoms with van der Waals surface area (Å²) in [5.74, 6) is 0.695. The minimum absolute atomic E-state index is 0.313. The third-order valence-electron chi connectivity index (χ3n) is 2.64. The van der Waals surface area contributed by atoms with Gasteiger partial charge in [0.25, 0.3) is 0 Å². The van der Waals surface area contributed by atoms with E-state index in [4.69, 9.17) is 5.73 Å². The molecule has 1 aromatic rings. The molecule has 0 saturated heterocycles. The molecule has 0 spiro atoms. The lowest BCUT2D eigenvalue weighted by Crippen LogP contribution is -2.37. The smallest absolute Gasteiger partial charge is 0.0170 e. The SMILES string of the molecule is CC(C)CC(N)CN(C)CCc1cccs1. The highest BCUT2D eigenvalue weighted by Crippen LogP contribution is 2.10. The van der Waals surface area contributed by atoms with Crippen molar-refractivity contribution in [2.45, 2.75) is 32.7 Å². The van der Waals surface area contributed by atoms with E-state index in [0.29, 0.717) is 12.0 Å². The molecule has 92 valence electrons. The molecule has 0 bridgehead atoms. The minimum Gasteiger partial charge on any atom is -0.327 e. The highest BCUT2D eigenvalue weighted by molar-refractivity contribution is 7.09. The fourth-order valence-corrected chi connectivity index (χ4v) is 2.63. The summed E-state index contributed by atoms with van der Waals surface area (Å²) < 4.78 is 0. The predicted molar refractivity (Wildman–Crippen MR) is 73.0 cm³/mol. The van der Waals surface area contributed by atoms with Crippen molar-refractivity contribution >= 4 is 11.3 Å². The fraction of sp³-hybridized carbons (Fsp3) is 0.692. The van der Waals surface area contributed by atoms with Gasteiger partial charge in [0.1, 0.15) is 0 Å². The van der Waals surface area contributed by atoms with Crippen molar-refractivity contribution in [2.75, 3.05) is 20.1 Å². The van der Waals surface area contributed by atoms with Crippen LogP contribution in [0.5, 0.6) is 0 Å². The second-order valence-electron chi connectivity index (χ2n) is 4.98. The van der Waals surface area contributed by atoms with E-state index in [1.807, 2.05) is 11.3 Å². The van der Waals surface area contributed by atoms with Crippen LogP contribution in [0.2, 0.25) is 0 Å². The van der Waals surface area contributed by atoms with Crippen LogP contribution in [0.15, 0.2) is 17.5 Å². The molecule has 0 amide bonds. The summed E-state index contributed by atoms with van der Waals surface area (Å²) >= 11 is 1.84. The molecule has 2 N–H and O–H groups in total. The Bertz CT molecular complexity index is 269. The summed E-state index contributed by atoms with van der Waals surface area (Å²) in [7, 11) is 2.16. The Labute approximate surface area is 103 Å². The second-order valence-corrected chi connectivity index (χ2v) is 6.01. The average molecular weight is 240 g/mol. The molecule has 1 aromatic heterocycles. The van der Waals surface area contributed by atoms with E-state index in [9.17, 15) is 0 Å². The molecule has 1 unspecified atom stereocenters. The zero-order chi connectivity index (χ0) is 12.0. The summed E-state index contributed by atoms with van der Waals surface area (Å²) in [5, 5.41) is 2.14. The highest BCUT2D eigenvalue weighted by atomic mass is 32.1. The highest BCUT2D eigenvalue weighted by Gasteiger charge is 2.08. The molecule has 0 aliphatic rings. The van der Waals surface area contributed by atoms with Crippen LogP contribution < -0.4 is 5.73 Å². The van der Waals surface area contributed by atoms with Crippen molar-refractivity contribution < 1.29 is 0 Å². The van der Waals surface area contributed by atoms with Crippen molar-refractivity contribution in [3.05, 3.63) is 22.4 Å². The first-order valence-electron chi connectivity index (χ1n) is 6.04. The number of likely N-dealkylation sites (N-methyl/N-ethyl adjacent to an activating group) is 1. The van der Waals surface area contributed by atoms with E-state index < -0.39 is 0 Å². The van der Waals surface area contributed by atoms with Crippen LogP contribution >= 0.6 is 11.3 Å². The Morgan fingerprint density at radius 3 is 2.75 bits per heavy atom. The van der Waals surface area contributed by atoms with Gasteiger partial charge >= 0.3 is 0 Å². The number of nitrogens with zero attached hydrogens (tertiary/aromatic N) is 1. The molecule has 1 atom stereocenters. The van der Waals surface area contributed by atoms with Gasteiger partial charge in [-0.3, -0.25) is 0 Å². The standard InChI is InChI=1S/C13H24N2S/c1-11(2)9-12(14)10-15(3)7-6-13-5-4-8-16-13/h4-5,8,11-12H,6-7,9-10,14H2,1-3H3. The molecule has 0 aliphatic heterocycles. The molecule has 0 saturated carbocycles. The van der Waals surface area contributed by atoms with Gasteiger partial charge in [-0.05, 0) is 37.3 Å². The van der Waals surface area contributed by atoms with Gasteiger partial charge in [-0.2, -0.15) is 0 Å². The van der Waals surface area contributed by atoms with Gasteiger partial charge in [0.05, 0.1) is 0 Å². The van der Waals surface area contributed by atoms with E-state index >= 15 is 0 Å². The maximum absolute atomic E-state index is 6.09. The number of hydrogen-bond donors (Lipinski definition) is 1. The first kappa shape index (κ1) is 13.7. The van der Waals surface area contributed by atoms with Gasteiger partial charge in [-0.25, -0.2) is 0 Å². The Morgan fingerprint density at radius 1 is 1.44 bits per heavy atom. The van der Waals surface area contributed by atoms with Crippen molar-refractivity contribution in [3.8, 4) is 0 Å². The van der Waals surface area contributed by atoms with E-state index in [1.165, 1.54) is 4.88 Å². The Morgan fingerprint density at radius 2 is 2.19 bits per heavy atom. The molecule has 1 heterocycles. The van der Waals surface area contributed by atoms with Crippen LogP contribution in [0.3, 0.4) is 0 Å². The van der Waals surface area contributed by atoms with Crippen molar-refractivity contribution in [1.82, 2.24) is 4.90 Å². The van der Waals surface area contributed by atoms with Gasteiger partial charge in [0.15, 0.2) is 0 Å². The third-order valence-corrected chi connectivity index (χ3v) is 3.58. The predicted octanol–water partition coefficient (Wildman–Crippen LogP) is 2.60. The van der Waals surface area contributed by atoms with Crippen LogP contribution in [0.4, 0.5) is 0 Å². The van der Waals surface area contributed by atoms with Crippen molar-refractivity contribution in [2.24, 2.45) is 11.7 Å². The summed E-state index contributed by atoms with van der Waals surface area (Å²) in [6.45, 7) is 6.56. The molecule has 2 nitrogen and oxygen atoms in total. The first-order chi connectivity index (χ1) is 7.58. The van der Waals surface area contributed by atoms with E-state index in [1.54, 1.807) is 0 Å². The van der Waals surface area contributed by atoms with Crippen LogP contribution in [-0.2, 0) is 6.42 Å². The molecular weight excluding hydrogens is 216 g/mol. The lowest BCUT2D eigenvalue weighted by molar-refractivity contribution is 0.297. The Kier molecular flexibility index (Phi) is 6.03. The van der Waals surface area contributed by atoms with Crippen LogP contribution in [0.1, 0.15) is 25.1 Å². The van der Waals surface area contributed by atoms with Gasteiger partial charge in [0.2, 0.25) is 0 Å². The molecular formula is C13H24N2S. The fourth-order valence-electron chi connectivity index (χ4n) is 1.93. The monoisotopic (exact) mass is 240 g/mol. The quantitative estimate of drug-likeness (QED) is 0.794. The van der Waals surface area contributed by atoms with Crippen molar-refractivity contribution in [1.29, 1.82) is 0 Å². The number of hydrogen-bond acceptors (Lipinski definition) is 3. The van der Waals surface area contributed by atoms with Gasteiger partial charge in [0, 0.05) is 24.0 Å².